The lowest BCUT2D eigenvalue weighted by Crippen LogP contribution is -2.05. The van der Waals surface area contributed by atoms with Gasteiger partial charge in [0.2, 0.25) is 0 Å². The second-order valence-electron chi connectivity index (χ2n) is 5.13. The van der Waals surface area contributed by atoms with Crippen LogP contribution in [-0.2, 0) is 0 Å². The first-order valence-electron chi connectivity index (χ1n) is 6.45. The first-order chi connectivity index (χ1) is 9.16. The highest BCUT2D eigenvalue weighted by atomic mass is 79.9. The first kappa shape index (κ1) is 12.7. The largest absolute Gasteiger partial charge is 0.398 e. The van der Waals surface area contributed by atoms with Crippen LogP contribution in [0.25, 0.3) is 0 Å². The lowest BCUT2D eigenvalue weighted by atomic mass is 10.00. The number of benzene rings is 2. The van der Waals surface area contributed by atoms with E-state index in [4.69, 9.17) is 5.73 Å². The maximum atomic E-state index is 10.5. The normalized spacial score (nSPS) is 23.1. The summed E-state index contributed by atoms with van der Waals surface area (Å²) < 4.78 is 0.952. The van der Waals surface area contributed by atoms with Gasteiger partial charge in [-0.25, -0.2) is 0 Å². The second kappa shape index (κ2) is 4.99. The van der Waals surface area contributed by atoms with Crippen molar-refractivity contribution >= 4 is 21.6 Å². The third kappa shape index (κ3) is 2.53. The van der Waals surface area contributed by atoms with E-state index in [1.165, 1.54) is 5.56 Å². The minimum Gasteiger partial charge on any atom is -0.398 e. The van der Waals surface area contributed by atoms with E-state index in [9.17, 15) is 5.11 Å². The van der Waals surface area contributed by atoms with Gasteiger partial charge in [0.25, 0.3) is 0 Å². The van der Waals surface area contributed by atoms with Gasteiger partial charge in [0.05, 0.1) is 6.10 Å². The fourth-order valence-corrected chi connectivity index (χ4v) is 3.06. The minimum atomic E-state index is -0.484. The Morgan fingerprint density at radius 3 is 2.63 bits per heavy atom. The molecule has 1 aliphatic carbocycles. The van der Waals surface area contributed by atoms with Crippen molar-refractivity contribution in [2.75, 3.05) is 5.73 Å². The molecule has 1 aliphatic rings. The molecule has 0 aromatic heterocycles. The van der Waals surface area contributed by atoms with E-state index in [0.717, 1.165) is 16.5 Å². The molecule has 0 heterocycles. The van der Waals surface area contributed by atoms with Gasteiger partial charge in [-0.3, -0.25) is 0 Å². The number of halogens is 1. The van der Waals surface area contributed by atoms with E-state index in [-0.39, 0.29) is 5.92 Å². The number of aliphatic hydroxyl groups is 1. The van der Waals surface area contributed by atoms with Crippen LogP contribution < -0.4 is 5.73 Å². The van der Waals surface area contributed by atoms with Gasteiger partial charge in [-0.15, -0.1) is 0 Å². The predicted octanol–water partition coefficient (Wildman–Crippen LogP) is 3.87. The molecule has 0 aliphatic heterocycles. The molecule has 0 radical (unpaired) electrons. The molecule has 0 bridgehead atoms. The molecule has 0 saturated heterocycles. The molecule has 3 N–H and O–H groups in total. The molecule has 2 nitrogen and oxygen atoms in total. The van der Waals surface area contributed by atoms with Gasteiger partial charge in [0, 0.05) is 15.7 Å². The zero-order chi connectivity index (χ0) is 13.4. The van der Waals surface area contributed by atoms with E-state index in [1.807, 2.05) is 36.4 Å². The Hall–Kier alpha value is -1.32. The highest BCUT2D eigenvalue weighted by molar-refractivity contribution is 9.10. The Labute approximate surface area is 121 Å². The quantitative estimate of drug-likeness (QED) is 0.844. The van der Waals surface area contributed by atoms with Crippen molar-refractivity contribution in [2.45, 2.75) is 18.4 Å². The SMILES string of the molecule is Nc1ccc(Br)cc1C(O)C1CC1c1ccccc1. The van der Waals surface area contributed by atoms with Gasteiger partial charge >= 0.3 is 0 Å². The van der Waals surface area contributed by atoms with Gasteiger partial charge < -0.3 is 10.8 Å². The molecule has 98 valence electrons. The van der Waals surface area contributed by atoms with Crippen LogP contribution in [0.1, 0.15) is 29.6 Å². The lowest BCUT2D eigenvalue weighted by Gasteiger charge is -2.14. The summed E-state index contributed by atoms with van der Waals surface area (Å²) in [6.07, 6.45) is 0.541. The number of aliphatic hydroxyl groups excluding tert-OH is 1. The summed E-state index contributed by atoms with van der Waals surface area (Å²) >= 11 is 3.43. The zero-order valence-electron chi connectivity index (χ0n) is 10.5. The molecule has 3 rings (SSSR count). The van der Waals surface area contributed by atoms with Crippen LogP contribution in [0.3, 0.4) is 0 Å². The van der Waals surface area contributed by atoms with Crippen molar-refractivity contribution in [1.29, 1.82) is 0 Å². The molecular weight excluding hydrogens is 302 g/mol. The van der Waals surface area contributed by atoms with E-state index in [2.05, 4.69) is 28.1 Å². The third-order valence-electron chi connectivity index (χ3n) is 3.84. The Morgan fingerprint density at radius 1 is 1.16 bits per heavy atom. The summed E-state index contributed by atoms with van der Waals surface area (Å²) in [6, 6.07) is 16.0. The van der Waals surface area contributed by atoms with Crippen molar-refractivity contribution in [3.63, 3.8) is 0 Å². The van der Waals surface area contributed by atoms with Crippen molar-refractivity contribution < 1.29 is 5.11 Å². The van der Waals surface area contributed by atoms with Crippen LogP contribution >= 0.6 is 15.9 Å². The van der Waals surface area contributed by atoms with Gasteiger partial charge in [0.15, 0.2) is 0 Å². The summed E-state index contributed by atoms with van der Waals surface area (Å²) in [5, 5.41) is 10.5. The molecule has 3 atom stereocenters. The summed E-state index contributed by atoms with van der Waals surface area (Å²) in [5.74, 6) is 0.730. The lowest BCUT2D eigenvalue weighted by molar-refractivity contribution is 0.152. The van der Waals surface area contributed by atoms with Gasteiger partial charge in [0.1, 0.15) is 0 Å². The highest BCUT2D eigenvalue weighted by Gasteiger charge is 2.44. The first-order valence-corrected chi connectivity index (χ1v) is 7.24. The monoisotopic (exact) mass is 317 g/mol. The molecule has 2 aromatic rings. The molecular formula is C16H16BrNO. The molecule has 1 fully saturated rings. The highest BCUT2D eigenvalue weighted by Crippen LogP contribution is 2.54. The fourth-order valence-electron chi connectivity index (χ4n) is 2.68. The maximum Gasteiger partial charge on any atom is 0.0844 e. The van der Waals surface area contributed by atoms with E-state index < -0.39 is 6.10 Å². The van der Waals surface area contributed by atoms with E-state index in [1.54, 1.807) is 0 Å². The summed E-state index contributed by atoms with van der Waals surface area (Å²) in [4.78, 5) is 0. The predicted molar refractivity (Wildman–Crippen MR) is 80.8 cm³/mol. The zero-order valence-corrected chi connectivity index (χ0v) is 12.0. The smallest absolute Gasteiger partial charge is 0.0844 e. The Morgan fingerprint density at radius 2 is 1.89 bits per heavy atom. The molecule has 19 heavy (non-hydrogen) atoms. The molecule has 0 amide bonds. The Kier molecular flexibility index (Phi) is 3.33. The van der Waals surface area contributed by atoms with Crippen molar-refractivity contribution in [3.8, 4) is 0 Å². The average molecular weight is 318 g/mol. The molecule has 1 saturated carbocycles. The van der Waals surface area contributed by atoms with Gasteiger partial charge in [-0.2, -0.15) is 0 Å². The average Bonchev–Trinajstić information content (AvgIpc) is 3.22. The Bertz CT molecular complexity index is 585. The van der Waals surface area contributed by atoms with Crippen molar-refractivity contribution in [3.05, 3.63) is 64.1 Å². The van der Waals surface area contributed by atoms with Crippen LogP contribution in [0, 0.1) is 5.92 Å². The minimum absolute atomic E-state index is 0.277. The van der Waals surface area contributed by atoms with Gasteiger partial charge in [-0.1, -0.05) is 46.3 Å². The summed E-state index contributed by atoms with van der Waals surface area (Å²) in [6.45, 7) is 0. The second-order valence-corrected chi connectivity index (χ2v) is 6.05. The number of hydrogen-bond acceptors (Lipinski definition) is 2. The number of anilines is 1. The molecule has 3 unspecified atom stereocenters. The molecule has 0 spiro atoms. The fraction of sp³-hybridized carbons (Fsp3) is 0.250. The third-order valence-corrected chi connectivity index (χ3v) is 4.33. The van der Waals surface area contributed by atoms with E-state index in [0.29, 0.717) is 11.6 Å². The molecule has 3 heteroatoms. The van der Waals surface area contributed by atoms with Crippen LogP contribution in [-0.4, -0.2) is 5.11 Å². The number of nitrogens with two attached hydrogens (primary N) is 1. The summed E-state index contributed by atoms with van der Waals surface area (Å²) in [7, 11) is 0. The Balaban J connectivity index is 1.80. The topological polar surface area (TPSA) is 46.2 Å². The number of nitrogen functional groups attached to an aromatic ring is 1. The summed E-state index contributed by atoms with van der Waals surface area (Å²) in [5.41, 5.74) is 8.76. The van der Waals surface area contributed by atoms with Crippen LogP contribution in [0.5, 0.6) is 0 Å². The van der Waals surface area contributed by atoms with Crippen LogP contribution in [0.4, 0.5) is 5.69 Å². The standard InChI is InChI=1S/C16H16BrNO/c17-11-6-7-15(18)14(8-11)16(19)13-9-12(13)10-4-2-1-3-5-10/h1-8,12-13,16,19H,9,18H2. The van der Waals surface area contributed by atoms with Crippen LogP contribution in [0.15, 0.2) is 53.0 Å². The number of rotatable bonds is 3. The van der Waals surface area contributed by atoms with E-state index >= 15 is 0 Å². The van der Waals surface area contributed by atoms with Crippen LogP contribution in [0.2, 0.25) is 0 Å². The molecule has 2 aromatic carbocycles. The maximum absolute atomic E-state index is 10.5. The van der Waals surface area contributed by atoms with Crippen molar-refractivity contribution in [2.24, 2.45) is 5.92 Å². The number of hydrogen-bond donors (Lipinski definition) is 2. The van der Waals surface area contributed by atoms with Crippen molar-refractivity contribution in [1.82, 2.24) is 0 Å². The van der Waals surface area contributed by atoms with Gasteiger partial charge in [-0.05, 0) is 42.0 Å².